The second-order valence-corrected chi connectivity index (χ2v) is 5.67. The van der Waals surface area contributed by atoms with Crippen LogP contribution in [0.25, 0.3) is 0 Å². The number of halogens is 1. The molecule has 1 unspecified atom stereocenters. The quantitative estimate of drug-likeness (QED) is 0.908. The molecule has 1 aliphatic heterocycles. The van der Waals surface area contributed by atoms with Crippen molar-refractivity contribution in [3.8, 4) is 0 Å². The van der Waals surface area contributed by atoms with E-state index < -0.39 is 0 Å². The number of hydrogen-bond donors (Lipinski definition) is 1. The van der Waals surface area contributed by atoms with Crippen molar-refractivity contribution >= 4 is 23.3 Å². The van der Waals surface area contributed by atoms with Gasteiger partial charge < -0.3 is 15.0 Å². The summed E-state index contributed by atoms with van der Waals surface area (Å²) in [4.78, 5) is 18.3. The summed E-state index contributed by atoms with van der Waals surface area (Å²) >= 11 is 6.13. The summed E-state index contributed by atoms with van der Waals surface area (Å²) in [6.07, 6.45) is 4.98. The molecule has 2 rings (SSSR count). The zero-order valence-electron chi connectivity index (χ0n) is 12.6. The van der Waals surface area contributed by atoms with E-state index in [-0.39, 0.29) is 12.0 Å². The van der Waals surface area contributed by atoms with Crippen molar-refractivity contribution in [2.75, 3.05) is 32.1 Å². The predicted molar refractivity (Wildman–Crippen MR) is 84.0 cm³/mol. The minimum atomic E-state index is -0.0818. The van der Waals surface area contributed by atoms with E-state index in [4.69, 9.17) is 16.3 Å². The Bertz CT molecular complexity index is 490. The molecule has 1 amide bonds. The number of pyridine rings is 1. The van der Waals surface area contributed by atoms with Crippen LogP contribution in [-0.2, 0) is 4.74 Å². The predicted octanol–water partition coefficient (Wildman–Crippen LogP) is 2.81. The third-order valence-corrected chi connectivity index (χ3v) is 3.82. The van der Waals surface area contributed by atoms with E-state index in [0.717, 1.165) is 32.4 Å². The van der Waals surface area contributed by atoms with Crippen LogP contribution in [0.3, 0.4) is 0 Å². The SMILES string of the molecule is CCNc1ncc(C(=O)N(C)CC2CCCCO2)cc1Cl. The highest BCUT2D eigenvalue weighted by Crippen LogP contribution is 2.21. The fourth-order valence-electron chi connectivity index (χ4n) is 2.41. The van der Waals surface area contributed by atoms with Crippen LogP contribution in [0.15, 0.2) is 12.3 Å². The molecule has 0 bridgehead atoms. The molecule has 0 spiro atoms. The Kier molecular flexibility index (Phi) is 5.82. The third kappa shape index (κ3) is 4.32. The van der Waals surface area contributed by atoms with E-state index in [1.165, 1.54) is 0 Å². The van der Waals surface area contributed by atoms with Crippen LogP contribution in [-0.4, -0.2) is 48.6 Å². The van der Waals surface area contributed by atoms with Gasteiger partial charge in [0.2, 0.25) is 0 Å². The van der Waals surface area contributed by atoms with E-state index >= 15 is 0 Å². The maximum absolute atomic E-state index is 12.4. The number of ether oxygens (including phenoxy) is 1. The Labute approximate surface area is 130 Å². The Morgan fingerprint density at radius 3 is 3.00 bits per heavy atom. The molecule has 0 aliphatic carbocycles. The molecular weight excluding hydrogens is 290 g/mol. The minimum Gasteiger partial charge on any atom is -0.376 e. The summed E-state index contributed by atoms with van der Waals surface area (Å²) in [6.45, 7) is 4.09. The number of hydrogen-bond acceptors (Lipinski definition) is 4. The molecule has 0 radical (unpaired) electrons. The Hall–Kier alpha value is -1.33. The first kappa shape index (κ1) is 16.0. The Morgan fingerprint density at radius 2 is 2.38 bits per heavy atom. The van der Waals surface area contributed by atoms with Gasteiger partial charge in [-0.15, -0.1) is 0 Å². The van der Waals surface area contributed by atoms with Crippen molar-refractivity contribution in [1.82, 2.24) is 9.88 Å². The molecule has 1 aliphatic rings. The number of amides is 1. The van der Waals surface area contributed by atoms with Gasteiger partial charge in [-0.05, 0) is 32.3 Å². The van der Waals surface area contributed by atoms with Gasteiger partial charge in [-0.1, -0.05) is 11.6 Å². The van der Waals surface area contributed by atoms with Crippen LogP contribution >= 0.6 is 11.6 Å². The van der Waals surface area contributed by atoms with Crippen LogP contribution in [0.5, 0.6) is 0 Å². The van der Waals surface area contributed by atoms with Crippen molar-refractivity contribution in [3.63, 3.8) is 0 Å². The van der Waals surface area contributed by atoms with Gasteiger partial charge in [0.05, 0.1) is 16.7 Å². The van der Waals surface area contributed by atoms with E-state index in [2.05, 4.69) is 10.3 Å². The molecule has 1 fully saturated rings. The number of likely N-dealkylation sites (N-methyl/N-ethyl adjacent to an activating group) is 1. The molecule has 5 nitrogen and oxygen atoms in total. The standard InChI is InChI=1S/C15H22ClN3O2/c1-3-17-14-13(16)8-11(9-18-14)15(20)19(2)10-12-6-4-5-7-21-12/h8-9,12H,3-7,10H2,1-2H3,(H,17,18). The summed E-state index contributed by atoms with van der Waals surface area (Å²) in [6, 6.07) is 1.66. The lowest BCUT2D eigenvalue weighted by atomic mass is 10.1. The fourth-order valence-corrected chi connectivity index (χ4v) is 2.65. The van der Waals surface area contributed by atoms with E-state index in [1.54, 1.807) is 24.2 Å². The topological polar surface area (TPSA) is 54.5 Å². The number of nitrogens with one attached hydrogen (secondary N) is 1. The van der Waals surface area contributed by atoms with Crippen LogP contribution in [0, 0.1) is 0 Å². The molecule has 116 valence electrons. The molecule has 0 saturated carbocycles. The number of nitrogens with zero attached hydrogens (tertiary/aromatic N) is 2. The second kappa shape index (κ2) is 7.61. The van der Waals surface area contributed by atoms with Crippen molar-refractivity contribution in [2.24, 2.45) is 0 Å². The molecule has 1 saturated heterocycles. The first-order valence-corrected chi connectivity index (χ1v) is 7.76. The lowest BCUT2D eigenvalue weighted by molar-refractivity contribution is -0.000194. The van der Waals surface area contributed by atoms with Gasteiger partial charge in [0, 0.05) is 32.9 Å². The van der Waals surface area contributed by atoms with E-state index in [1.807, 2.05) is 6.92 Å². The van der Waals surface area contributed by atoms with Gasteiger partial charge in [-0.2, -0.15) is 0 Å². The molecule has 2 heterocycles. The smallest absolute Gasteiger partial charge is 0.255 e. The van der Waals surface area contributed by atoms with Crippen LogP contribution < -0.4 is 5.32 Å². The number of anilines is 1. The van der Waals surface area contributed by atoms with E-state index in [0.29, 0.717) is 22.9 Å². The van der Waals surface area contributed by atoms with Crippen molar-refractivity contribution in [1.29, 1.82) is 0 Å². The minimum absolute atomic E-state index is 0.0818. The average molecular weight is 312 g/mol. The van der Waals surface area contributed by atoms with Crippen LogP contribution in [0.4, 0.5) is 5.82 Å². The molecule has 1 aromatic rings. The zero-order chi connectivity index (χ0) is 15.2. The second-order valence-electron chi connectivity index (χ2n) is 5.26. The molecule has 0 aromatic carbocycles. The monoisotopic (exact) mass is 311 g/mol. The normalized spacial score (nSPS) is 18.3. The Balaban J connectivity index is 1.99. The molecule has 1 atom stereocenters. The summed E-state index contributed by atoms with van der Waals surface area (Å²) in [5, 5.41) is 3.51. The highest BCUT2D eigenvalue weighted by atomic mass is 35.5. The maximum Gasteiger partial charge on any atom is 0.255 e. The van der Waals surface area contributed by atoms with Crippen LogP contribution in [0.2, 0.25) is 5.02 Å². The van der Waals surface area contributed by atoms with Gasteiger partial charge in [0.1, 0.15) is 5.82 Å². The maximum atomic E-state index is 12.4. The van der Waals surface area contributed by atoms with Crippen molar-refractivity contribution in [2.45, 2.75) is 32.3 Å². The first-order valence-electron chi connectivity index (χ1n) is 7.38. The number of aromatic nitrogens is 1. The summed E-state index contributed by atoms with van der Waals surface area (Å²) in [5.74, 6) is 0.524. The number of rotatable bonds is 5. The lowest BCUT2D eigenvalue weighted by Crippen LogP contribution is -2.37. The summed E-state index contributed by atoms with van der Waals surface area (Å²) in [5.41, 5.74) is 0.500. The molecule has 21 heavy (non-hydrogen) atoms. The van der Waals surface area contributed by atoms with Gasteiger partial charge in [-0.3, -0.25) is 4.79 Å². The summed E-state index contributed by atoms with van der Waals surface area (Å²) < 4.78 is 5.66. The third-order valence-electron chi connectivity index (χ3n) is 3.53. The molecule has 1 aromatic heterocycles. The van der Waals surface area contributed by atoms with Crippen molar-refractivity contribution < 1.29 is 9.53 Å². The molecule has 1 N–H and O–H groups in total. The van der Waals surface area contributed by atoms with Gasteiger partial charge >= 0.3 is 0 Å². The Morgan fingerprint density at radius 1 is 1.57 bits per heavy atom. The van der Waals surface area contributed by atoms with Crippen molar-refractivity contribution in [3.05, 3.63) is 22.8 Å². The average Bonchev–Trinajstić information content (AvgIpc) is 2.49. The van der Waals surface area contributed by atoms with Gasteiger partial charge in [0.15, 0.2) is 0 Å². The zero-order valence-corrected chi connectivity index (χ0v) is 13.3. The molecular formula is C15H22ClN3O2. The highest BCUT2D eigenvalue weighted by Gasteiger charge is 2.20. The number of carbonyl (C=O) groups is 1. The van der Waals surface area contributed by atoms with Gasteiger partial charge in [0.25, 0.3) is 5.91 Å². The lowest BCUT2D eigenvalue weighted by Gasteiger charge is -2.27. The largest absolute Gasteiger partial charge is 0.376 e. The molecule has 6 heteroatoms. The fraction of sp³-hybridized carbons (Fsp3) is 0.600. The summed E-state index contributed by atoms with van der Waals surface area (Å²) in [7, 11) is 1.78. The van der Waals surface area contributed by atoms with E-state index in [9.17, 15) is 4.79 Å². The number of carbonyl (C=O) groups excluding carboxylic acids is 1. The van der Waals surface area contributed by atoms with Gasteiger partial charge in [-0.25, -0.2) is 4.98 Å². The van der Waals surface area contributed by atoms with Crippen LogP contribution in [0.1, 0.15) is 36.5 Å². The first-order chi connectivity index (χ1) is 10.1. The highest BCUT2D eigenvalue weighted by molar-refractivity contribution is 6.33.